The Morgan fingerprint density at radius 3 is 2.84 bits per heavy atom. The van der Waals surface area contributed by atoms with Gasteiger partial charge >= 0.3 is 0 Å². The summed E-state index contributed by atoms with van der Waals surface area (Å²) >= 11 is 1.65. The molecule has 2 aromatic heterocycles. The molecule has 4 nitrogen and oxygen atoms in total. The highest BCUT2D eigenvalue weighted by atomic mass is 32.2. The fourth-order valence-corrected chi connectivity index (χ4v) is 4.60. The highest BCUT2D eigenvalue weighted by Crippen LogP contribution is 2.28. The fourth-order valence-electron chi connectivity index (χ4n) is 2.34. The second kappa shape index (κ2) is 4.31. The highest BCUT2D eigenvalue weighted by Gasteiger charge is 2.25. The maximum atomic E-state index is 12.1. The van der Waals surface area contributed by atoms with Gasteiger partial charge in [-0.2, -0.15) is 0 Å². The molecule has 0 saturated carbocycles. The van der Waals surface area contributed by atoms with E-state index in [2.05, 4.69) is 6.92 Å². The lowest BCUT2D eigenvalue weighted by molar-refractivity contribution is 0.593. The van der Waals surface area contributed by atoms with Crippen LogP contribution in [0.2, 0.25) is 0 Å². The van der Waals surface area contributed by atoms with Gasteiger partial charge in [-0.05, 0) is 24.6 Å². The Morgan fingerprint density at radius 1 is 1.42 bits per heavy atom. The number of hydrogen-bond acceptors (Lipinski definition) is 4. The third-order valence-corrected chi connectivity index (χ3v) is 5.87. The van der Waals surface area contributed by atoms with Crippen molar-refractivity contribution in [3.63, 3.8) is 0 Å². The Kier molecular flexibility index (Phi) is 2.87. The van der Waals surface area contributed by atoms with Crippen molar-refractivity contribution >= 4 is 31.4 Å². The SMILES string of the molecule is CCc1cc2c(ccc(=O)n2C2C=CS(=O)(=O)C2)s1. The number of nitrogens with zero attached hydrogens (tertiary/aromatic N) is 1. The van der Waals surface area contributed by atoms with Gasteiger partial charge < -0.3 is 0 Å². The summed E-state index contributed by atoms with van der Waals surface area (Å²) in [5.41, 5.74) is 0.681. The van der Waals surface area contributed by atoms with Crippen molar-refractivity contribution in [2.24, 2.45) is 0 Å². The first-order valence-electron chi connectivity index (χ1n) is 6.05. The van der Waals surface area contributed by atoms with Gasteiger partial charge in [0.05, 0.1) is 22.0 Å². The molecule has 1 atom stereocenters. The number of pyridine rings is 1. The summed E-state index contributed by atoms with van der Waals surface area (Å²) in [6, 6.07) is 4.92. The van der Waals surface area contributed by atoms with Gasteiger partial charge in [0.2, 0.25) is 0 Å². The van der Waals surface area contributed by atoms with Crippen LogP contribution >= 0.6 is 11.3 Å². The summed E-state index contributed by atoms with van der Waals surface area (Å²) in [6.07, 6.45) is 2.51. The molecule has 19 heavy (non-hydrogen) atoms. The molecular formula is C13H13NO3S2. The molecule has 0 spiro atoms. The van der Waals surface area contributed by atoms with Crippen molar-refractivity contribution in [1.29, 1.82) is 0 Å². The molecule has 0 fully saturated rings. The highest BCUT2D eigenvalue weighted by molar-refractivity contribution is 7.94. The molecule has 100 valence electrons. The molecule has 2 aromatic rings. The van der Waals surface area contributed by atoms with E-state index in [1.165, 1.54) is 16.4 Å². The Balaban J connectivity index is 2.23. The summed E-state index contributed by atoms with van der Waals surface area (Å²) in [5, 5.41) is 1.20. The van der Waals surface area contributed by atoms with Crippen LogP contribution in [0.5, 0.6) is 0 Å². The lowest BCUT2D eigenvalue weighted by Gasteiger charge is -2.12. The molecular weight excluding hydrogens is 282 g/mol. The van der Waals surface area contributed by atoms with Crippen molar-refractivity contribution in [1.82, 2.24) is 4.57 Å². The molecule has 1 aliphatic rings. The zero-order chi connectivity index (χ0) is 13.6. The van der Waals surface area contributed by atoms with Crippen LogP contribution < -0.4 is 5.56 Å². The largest absolute Gasteiger partial charge is 0.299 e. The normalized spacial score (nSPS) is 21.2. The number of thiophene rings is 1. The van der Waals surface area contributed by atoms with Gasteiger partial charge in [-0.15, -0.1) is 11.3 Å². The van der Waals surface area contributed by atoms with Crippen molar-refractivity contribution in [3.05, 3.63) is 44.9 Å². The van der Waals surface area contributed by atoms with E-state index in [0.717, 1.165) is 16.6 Å². The minimum Gasteiger partial charge on any atom is -0.299 e. The smallest absolute Gasteiger partial charge is 0.251 e. The minimum absolute atomic E-state index is 0.0245. The van der Waals surface area contributed by atoms with Crippen molar-refractivity contribution in [2.75, 3.05) is 5.75 Å². The number of hydrogen-bond donors (Lipinski definition) is 0. The lowest BCUT2D eigenvalue weighted by Crippen LogP contribution is -2.24. The molecule has 6 heteroatoms. The molecule has 1 aliphatic heterocycles. The Bertz CT molecular complexity index is 827. The number of aromatic nitrogens is 1. The average molecular weight is 295 g/mol. The number of rotatable bonds is 2. The summed E-state index contributed by atoms with van der Waals surface area (Å²) in [7, 11) is -3.16. The summed E-state index contributed by atoms with van der Waals surface area (Å²) < 4.78 is 25.7. The number of aryl methyl sites for hydroxylation is 1. The van der Waals surface area contributed by atoms with Crippen LogP contribution in [0.15, 0.2) is 34.5 Å². The molecule has 0 aliphatic carbocycles. The first-order chi connectivity index (χ1) is 9.00. The molecule has 0 aromatic carbocycles. The second-order valence-electron chi connectivity index (χ2n) is 4.58. The van der Waals surface area contributed by atoms with Gasteiger partial charge in [0.1, 0.15) is 0 Å². The van der Waals surface area contributed by atoms with E-state index in [0.29, 0.717) is 0 Å². The van der Waals surface area contributed by atoms with Gasteiger partial charge in [-0.1, -0.05) is 6.92 Å². The van der Waals surface area contributed by atoms with E-state index in [9.17, 15) is 13.2 Å². The van der Waals surface area contributed by atoms with Crippen LogP contribution in [-0.2, 0) is 16.3 Å². The van der Waals surface area contributed by atoms with Gasteiger partial charge in [0, 0.05) is 16.4 Å². The first-order valence-corrected chi connectivity index (χ1v) is 8.58. The molecule has 0 radical (unpaired) electrons. The molecule has 0 N–H and O–H groups in total. The molecule has 0 saturated heterocycles. The van der Waals surface area contributed by atoms with Crippen LogP contribution in [0.25, 0.3) is 10.2 Å². The molecule has 3 rings (SSSR count). The zero-order valence-corrected chi connectivity index (χ0v) is 12.0. The minimum atomic E-state index is -3.16. The molecule has 0 bridgehead atoms. The third-order valence-electron chi connectivity index (χ3n) is 3.26. The average Bonchev–Trinajstić information content (AvgIpc) is 2.92. The number of fused-ring (bicyclic) bond motifs is 1. The third kappa shape index (κ3) is 2.15. The maximum absolute atomic E-state index is 12.1. The number of allylic oxidation sites excluding steroid dienone is 1. The van der Waals surface area contributed by atoms with Crippen molar-refractivity contribution in [3.8, 4) is 0 Å². The van der Waals surface area contributed by atoms with E-state index < -0.39 is 9.84 Å². The monoisotopic (exact) mass is 295 g/mol. The maximum Gasteiger partial charge on any atom is 0.251 e. The van der Waals surface area contributed by atoms with Crippen molar-refractivity contribution < 1.29 is 8.42 Å². The molecule has 0 amide bonds. The Morgan fingerprint density at radius 2 is 2.21 bits per heavy atom. The zero-order valence-electron chi connectivity index (χ0n) is 10.4. The number of sulfone groups is 1. The Labute approximate surface area is 114 Å². The van der Waals surface area contributed by atoms with Gasteiger partial charge in [0.25, 0.3) is 5.56 Å². The lowest BCUT2D eigenvalue weighted by atomic mass is 10.2. The topological polar surface area (TPSA) is 56.1 Å². The first kappa shape index (κ1) is 12.6. The van der Waals surface area contributed by atoms with Crippen LogP contribution in [0.3, 0.4) is 0 Å². The fraction of sp³-hybridized carbons (Fsp3) is 0.308. The van der Waals surface area contributed by atoms with Crippen LogP contribution in [0.4, 0.5) is 0 Å². The van der Waals surface area contributed by atoms with E-state index in [1.807, 2.05) is 12.1 Å². The standard InChI is InChI=1S/C13H13NO3S2/c1-2-10-7-11-12(18-10)3-4-13(15)14(11)9-5-6-19(16,17)8-9/h3-7,9H,2,8H2,1H3. The summed E-state index contributed by atoms with van der Waals surface area (Å²) in [4.78, 5) is 13.3. The van der Waals surface area contributed by atoms with E-state index in [-0.39, 0.29) is 17.4 Å². The predicted octanol–water partition coefficient (Wildman–Crippen LogP) is 2.11. The van der Waals surface area contributed by atoms with Gasteiger partial charge in [-0.25, -0.2) is 8.42 Å². The van der Waals surface area contributed by atoms with Crippen molar-refractivity contribution in [2.45, 2.75) is 19.4 Å². The second-order valence-corrected chi connectivity index (χ2v) is 7.68. The van der Waals surface area contributed by atoms with E-state index in [4.69, 9.17) is 0 Å². The van der Waals surface area contributed by atoms with Crippen LogP contribution in [-0.4, -0.2) is 18.7 Å². The van der Waals surface area contributed by atoms with Crippen LogP contribution in [0, 0.1) is 0 Å². The molecule has 3 heterocycles. The summed E-state index contributed by atoms with van der Waals surface area (Å²) in [6.45, 7) is 2.06. The molecule has 1 unspecified atom stereocenters. The summed E-state index contributed by atoms with van der Waals surface area (Å²) in [5.74, 6) is -0.0245. The van der Waals surface area contributed by atoms with Crippen LogP contribution in [0.1, 0.15) is 17.8 Å². The van der Waals surface area contributed by atoms with E-state index >= 15 is 0 Å². The van der Waals surface area contributed by atoms with E-state index in [1.54, 1.807) is 22.0 Å². The van der Waals surface area contributed by atoms with Gasteiger partial charge in [0.15, 0.2) is 9.84 Å². The quantitative estimate of drug-likeness (QED) is 0.852. The predicted molar refractivity (Wildman–Crippen MR) is 77.4 cm³/mol. The van der Waals surface area contributed by atoms with Gasteiger partial charge in [-0.3, -0.25) is 9.36 Å². The Hall–Kier alpha value is -1.40.